The first-order valence-corrected chi connectivity index (χ1v) is 9.14. The Labute approximate surface area is 140 Å². The van der Waals surface area contributed by atoms with Crippen LogP contribution < -0.4 is 0 Å². The van der Waals surface area contributed by atoms with Gasteiger partial charge in [-0.2, -0.15) is 0 Å². The molecule has 0 saturated carbocycles. The van der Waals surface area contributed by atoms with E-state index in [-0.39, 0.29) is 24.2 Å². The van der Waals surface area contributed by atoms with Crippen LogP contribution in [0, 0.1) is 0 Å². The van der Waals surface area contributed by atoms with Crippen molar-refractivity contribution in [2.24, 2.45) is 0 Å². The number of hydrogen-bond acceptors (Lipinski definition) is 3. The maximum atomic E-state index is 12.6. The van der Waals surface area contributed by atoms with Gasteiger partial charge in [-0.05, 0) is 65.6 Å². The van der Waals surface area contributed by atoms with Crippen LogP contribution in [0.15, 0.2) is 11.6 Å². The molecule has 0 spiro atoms. The van der Waals surface area contributed by atoms with E-state index in [0.717, 1.165) is 57.2 Å². The van der Waals surface area contributed by atoms with Crippen molar-refractivity contribution in [3.63, 3.8) is 0 Å². The minimum Gasteiger partial charge on any atom is -0.403 e. The van der Waals surface area contributed by atoms with Crippen LogP contribution in [0.2, 0.25) is 5.82 Å². The molecule has 128 valence electrons. The summed E-state index contributed by atoms with van der Waals surface area (Å²) in [7, 11) is -0.138. The molecule has 4 nitrogen and oxygen atoms in total. The van der Waals surface area contributed by atoms with Crippen LogP contribution in [-0.2, 0) is 14.1 Å². The van der Waals surface area contributed by atoms with Gasteiger partial charge in [-0.1, -0.05) is 12.5 Å². The number of carbonyl (C=O) groups is 1. The molecule has 5 heteroatoms. The van der Waals surface area contributed by atoms with Gasteiger partial charge in [-0.15, -0.1) is 0 Å². The molecule has 2 aliphatic heterocycles. The Morgan fingerprint density at radius 2 is 1.83 bits per heavy atom. The van der Waals surface area contributed by atoms with E-state index in [2.05, 4.69) is 33.8 Å². The van der Waals surface area contributed by atoms with Gasteiger partial charge < -0.3 is 14.2 Å². The molecular weight excluding hydrogens is 289 g/mol. The molecule has 3 rings (SSSR count). The summed E-state index contributed by atoms with van der Waals surface area (Å²) >= 11 is 0. The molecule has 0 N–H and O–H groups in total. The van der Waals surface area contributed by atoms with Crippen molar-refractivity contribution in [2.45, 2.75) is 83.2 Å². The molecule has 2 heterocycles. The molecule has 23 heavy (non-hydrogen) atoms. The zero-order valence-corrected chi connectivity index (χ0v) is 15.1. The zero-order chi connectivity index (χ0) is 16.7. The summed E-state index contributed by atoms with van der Waals surface area (Å²) < 4.78 is 12.4. The Balaban J connectivity index is 1.60. The molecule has 0 radical (unpaired) electrons. The third-order valence-corrected chi connectivity index (χ3v) is 6.03. The summed E-state index contributed by atoms with van der Waals surface area (Å²) in [5.41, 5.74) is 0.488. The first-order valence-electron chi connectivity index (χ1n) is 9.14. The number of carbonyl (C=O) groups excluding carboxylic acids is 1. The van der Waals surface area contributed by atoms with Crippen LogP contribution in [-0.4, -0.2) is 42.2 Å². The predicted octanol–water partition coefficient (Wildman–Crippen LogP) is 3.57. The van der Waals surface area contributed by atoms with Crippen LogP contribution in [0.5, 0.6) is 0 Å². The lowest BCUT2D eigenvalue weighted by atomic mass is 9.68. The molecule has 0 aromatic heterocycles. The van der Waals surface area contributed by atoms with Crippen LogP contribution >= 0.6 is 0 Å². The van der Waals surface area contributed by atoms with E-state index in [1.807, 2.05) is 4.90 Å². The number of allylic oxidation sites excluding steroid dienone is 1. The average Bonchev–Trinajstić information content (AvgIpc) is 2.97. The Kier molecular flexibility index (Phi) is 4.63. The number of amides is 1. The van der Waals surface area contributed by atoms with Crippen molar-refractivity contribution in [2.75, 3.05) is 13.1 Å². The molecule has 3 aliphatic rings. The summed E-state index contributed by atoms with van der Waals surface area (Å²) in [4.78, 5) is 14.6. The van der Waals surface area contributed by atoms with Gasteiger partial charge in [-0.3, -0.25) is 4.79 Å². The third kappa shape index (κ3) is 3.36. The lowest BCUT2D eigenvalue weighted by Gasteiger charge is -2.32. The van der Waals surface area contributed by atoms with Crippen molar-refractivity contribution in [3.8, 4) is 0 Å². The van der Waals surface area contributed by atoms with E-state index in [1.54, 1.807) is 0 Å². The fourth-order valence-electron chi connectivity index (χ4n) is 3.75. The normalized spacial score (nSPS) is 30.3. The summed E-state index contributed by atoms with van der Waals surface area (Å²) in [6, 6.07) is 0. The standard InChI is InChI=1S/C18H30BNO3/c1-17(2)18(3,4)23-19(22-17)15-10-7-12-20(13-11-15)16(21)14-8-5-6-9-14/h8,15H,5-7,9-13H2,1-4H3. The summed E-state index contributed by atoms with van der Waals surface area (Å²) in [6.07, 6.45) is 8.34. The van der Waals surface area contributed by atoms with Crippen molar-refractivity contribution < 1.29 is 14.1 Å². The van der Waals surface area contributed by atoms with Crippen LogP contribution in [0.4, 0.5) is 0 Å². The smallest absolute Gasteiger partial charge is 0.403 e. The summed E-state index contributed by atoms with van der Waals surface area (Å²) in [5.74, 6) is 0.642. The summed E-state index contributed by atoms with van der Waals surface area (Å²) in [5, 5.41) is 0. The molecule has 0 bridgehead atoms. The van der Waals surface area contributed by atoms with Gasteiger partial charge in [0.05, 0.1) is 11.2 Å². The highest BCUT2D eigenvalue weighted by Crippen LogP contribution is 2.42. The van der Waals surface area contributed by atoms with Gasteiger partial charge in [0, 0.05) is 18.7 Å². The minimum atomic E-state index is -0.270. The van der Waals surface area contributed by atoms with Gasteiger partial charge in [0.15, 0.2) is 0 Å². The zero-order valence-electron chi connectivity index (χ0n) is 15.1. The average molecular weight is 319 g/mol. The second-order valence-corrected chi connectivity index (χ2v) is 8.23. The largest absolute Gasteiger partial charge is 0.461 e. The molecule has 2 saturated heterocycles. The van der Waals surface area contributed by atoms with Crippen molar-refractivity contribution in [3.05, 3.63) is 11.6 Å². The molecule has 1 unspecified atom stereocenters. The van der Waals surface area contributed by atoms with Gasteiger partial charge in [0.25, 0.3) is 0 Å². The topological polar surface area (TPSA) is 38.8 Å². The van der Waals surface area contributed by atoms with Gasteiger partial charge in [-0.25, -0.2) is 0 Å². The van der Waals surface area contributed by atoms with Gasteiger partial charge in [0.1, 0.15) is 0 Å². The molecule has 0 aromatic rings. The fraction of sp³-hybridized carbons (Fsp3) is 0.833. The summed E-state index contributed by atoms with van der Waals surface area (Å²) in [6.45, 7) is 10.1. The van der Waals surface area contributed by atoms with E-state index in [1.165, 1.54) is 0 Å². The molecule has 1 aliphatic carbocycles. The van der Waals surface area contributed by atoms with Crippen LogP contribution in [0.3, 0.4) is 0 Å². The molecule has 1 amide bonds. The quantitative estimate of drug-likeness (QED) is 0.730. The van der Waals surface area contributed by atoms with Crippen molar-refractivity contribution >= 4 is 13.0 Å². The van der Waals surface area contributed by atoms with E-state index < -0.39 is 0 Å². The number of nitrogens with zero attached hydrogens (tertiary/aromatic N) is 1. The van der Waals surface area contributed by atoms with Gasteiger partial charge >= 0.3 is 7.12 Å². The molecule has 1 atom stereocenters. The highest BCUT2D eigenvalue weighted by molar-refractivity contribution is 6.47. The Bertz CT molecular complexity index is 484. The Hall–Kier alpha value is -0.805. The molecule has 2 fully saturated rings. The highest BCUT2D eigenvalue weighted by Gasteiger charge is 2.53. The predicted molar refractivity (Wildman–Crippen MR) is 92.2 cm³/mol. The first-order chi connectivity index (χ1) is 10.8. The number of likely N-dealkylation sites (tertiary alicyclic amines) is 1. The SMILES string of the molecule is CC1(C)OB(C2CCCN(C(=O)C3=CCCC3)CC2)OC1(C)C. The monoisotopic (exact) mass is 319 g/mol. The van der Waals surface area contributed by atoms with Gasteiger partial charge in [0.2, 0.25) is 5.91 Å². The van der Waals surface area contributed by atoms with E-state index in [4.69, 9.17) is 9.31 Å². The van der Waals surface area contributed by atoms with Crippen LogP contribution in [0.1, 0.15) is 66.2 Å². The van der Waals surface area contributed by atoms with E-state index >= 15 is 0 Å². The minimum absolute atomic E-state index is 0.138. The molecular formula is C18H30BNO3. The Morgan fingerprint density at radius 3 is 2.43 bits per heavy atom. The van der Waals surface area contributed by atoms with Crippen molar-refractivity contribution in [1.82, 2.24) is 4.90 Å². The second kappa shape index (κ2) is 6.25. The number of hydrogen-bond donors (Lipinski definition) is 0. The van der Waals surface area contributed by atoms with Crippen molar-refractivity contribution in [1.29, 1.82) is 0 Å². The van der Waals surface area contributed by atoms with Crippen LogP contribution in [0.25, 0.3) is 0 Å². The fourth-order valence-corrected chi connectivity index (χ4v) is 3.75. The Morgan fingerprint density at radius 1 is 1.13 bits per heavy atom. The third-order valence-electron chi connectivity index (χ3n) is 6.03. The second-order valence-electron chi connectivity index (χ2n) is 8.23. The first kappa shape index (κ1) is 17.0. The number of rotatable bonds is 2. The maximum Gasteiger partial charge on any atom is 0.461 e. The highest BCUT2D eigenvalue weighted by atomic mass is 16.7. The lowest BCUT2D eigenvalue weighted by Crippen LogP contribution is -2.41. The lowest BCUT2D eigenvalue weighted by molar-refractivity contribution is -0.127. The van der Waals surface area contributed by atoms with E-state index in [0.29, 0.717) is 5.82 Å². The maximum absolute atomic E-state index is 12.6. The van der Waals surface area contributed by atoms with E-state index in [9.17, 15) is 4.79 Å². The molecule has 0 aromatic carbocycles.